The molecule has 0 saturated carbocycles. The molecule has 2 aliphatic rings. The molecule has 16 heavy (non-hydrogen) atoms. The molecular weight excluding hydrogens is 200 g/mol. The van der Waals surface area contributed by atoms with Gasteiger partial charge in [-0.15, -0.1) is 10.2 Å². The maximum atomic E-state index is 4.38. The van der Waals surface area contributed by atoms with Gasteiger partial charge in [0.25, 0.3) is 0 Å². The lowest BCUT2D eigenvalue weighted by atomic mass is 9.86. The summed E-state index contributed by atoms with van der Waals surface area (Å²) in [5.74, 6) is 3.67. The van der Waals surface area contributed by atoms with Gasteiger partial charge in [0.1, 0.15) is 11.6 Å². The number of hydrogen-bond donors (Lipinski definition) is 1. The second-order valence-electron chi connectivity index (χ2n) is 5.36. The number of aromatic nitrogens is 3. The number of piperidine rings is 1. The fourth-order valence-electron chi connectivity index (χ4n) is 3.12. The highest BCUT2D eigenvalue weighted by molar-refractivity contribution is 5.08. The summed E-state index contributed by atoms with van der Waals surface area (Å²) in [5, 5.41) is 12.2. The number of rotatable bonds is 1. The maximum absolute atomic E-state index is 4.38. The molecule has 0 spiro atoms. The molecule has 2 aliphatic heterocycles. The summed E-state index contributed by atoms with van der Waals surface area (Å²) >= 11 is 0. The third kappa shape index (κ3) is 1.47. The quantitative estimate of drug-likeness (QED) is 0.780. The van der Waals surface area contributed by atoms with Gasteiger partial charge in [-0.3, -0.25) is 0 Å². The monoisotopic (exact) mass is 220 g/mol. The van der Waals surface area contributed by atoms with Gasteiger partial charge in [0, 0.05) is 18.4 Å². The molecule has 1 N–H and O–H groups in total. The molecule has 0 aromatic carbocycles. The molecule has 0 bridgehead atoms. The summed E-state index contributed by atoms with van der Waals surface area (Å²) in [6.07, 6.45) is 3.60. The average Bonchev–Trinajstić information content (AvgIpc) is 2.73. The van der Waals surface area contributed by atoms with E-state index < -0.39 is 0 Å². The van der Waals surface area contributed by atoms with Crippen molar-refractivity contribution in [3.63, 3.8) is 0 Å². The van der Waals surface area contributed by atoms with Gasteiger partial charge in [-0.25, -0.2) is 0 Å². The Morgan fingerprint density at radius 1 is 1.31 bits per heavy atom. The van der Waals surface area contributed by atoms with Crippen LogP contribution in [0.3, 0.4) is 0 Å². The third-order valence-corrected chi connectivity index (χ3v) is 3.95. The van der Waals surface area contributed by atoms with E-state index in [9.17, 15) is 0 Å². The molecule has 0 radical (unpaired) electrons. The van der Waals surface area contributed by atoms with E-state index in [1.54, 1.807) is 0 Å². The Morgan fingerprint density at radius 3 is 3.00 bits per heavy atom. The molecule has 1 aromatic rings. The van der Waals surface area contributed by atoms with E-state index >= 15 is 0 Å². The van der Waals surface area contributed by atoms with Gasteiger partial charge in [0.05, 0.1) is 0 Å². The molecule has 1 aromatic heterocycles. The van der Waals surface area contributed by atoms with Crippen LogP contribution in [0.4, 0.5) is 0 Å². The molecule has 1 saturated heterocycles. The lowest BCUT2D eigenvalue weighted by Crippen LogP contribution is -2.41. The van der Waals surface area contributed by atoms with Crippen molar-refractivity contribution in [2.75, 3.05) is 13.1 Å². The predicted molar refractivity (Wildman–Crippen MR) is 62.4 cm³/mol. The van der Waals surface area contributed by atoms with Crippen LogP contribution in [0, 0.1) is 5.92 Å². The van der Waals surface area contributed by atoms with Crippen molar-refractivity contribution in [3.8, 4) is 0 Å². The molecule has 1 fully saturated rings. The summed E-state index contributed by atoms with van der Waals surface area (Å²) in [6.45, 7) is 6.72. The fourth-order valence-corrected chi connectivity index (χ4v) is 3.12. The summed E-state index contributed by atoms with van der Waals surface area (Å²) in [7, 11) is 0. The lowest BCUT2D eigenvalue weighted by molar-refractivity contribution is 0.208. The minimum Gasteiger partial charge on any atom is -0.316 e. The Labute approximate surface area is 96.4 Å². The van der Waals surface area contributed by atoms with Crippen LogP contribution in [0.25, 0.3) is 0 Å². The van der Waals surface area contributed by atoms with Crippen LogP contribution in [0.15, 0.2) is 0 Å². The van der Waals surface area contributed by atoms with Gasteiger partial charge in [0.15, 0.2) is 0 Å². The van der Waals surface area contributed by atoms with E-state index in [4.69, 9.17) is 0 Å². The van der Waals surface area contributed by atoms with E-state index in [2.05, 4.69) is 33.9 Å². The van der Waals surface area contributed by atoms with E-state index in [1.807, 2.05) is 0 Å². The SMILES string of the molecule is CC(C)c1nnc2n1C1CCNCC1CC2. The normalized spacial score (nSPS) is 28.9. The smallest absolute Gasteiger partial charge is 0.135 e. The number of aryl methyl sites for hydroxylation is 1. The Balaban J connectivity index is 2.01. The van der Waals surface area contributed by atoms with Gasteiger partial charge in [-0.2, -0.15) is 0 Å². The minimum absolute atomic E-state index is 0.481. The largest absolute Gasteiger partial charge is 0.316 e. The van der Waals surface area contributed by atoms with Crippen molar-refractivity contribution in [2.45, 2.75) is 45.1 Å². The van der Waals surface area contributed by atoms with Crippen LogP contribution in [0.2, 0.25) is 0 Å². The Kier molecular flexibility index (Phi) is 2.46. The van der Waals surface area contributed by atoms with Crippen LogP contribution in [-0.4, -0.2) is 27.9 Å². The van der Waals surface area contributed by atoms with Crippen molar-refractivity contribution < 1.29 is 0 Å². The zero-order valence-corrected chi connectivity index (χ0v) is 10.1. The molecular formula is C12H20N4. The average molecular weight is 220 g/mol. The van der Waals surface area contributed by atoms with Crippen molar-refractivity contribution >= 4 is 0 Å². The molecule has 0 aliphatic carbocycles. The molecule has 0 amide bonds. The molecule has 2 unspecified atom stereocenters. The standard InChI is InChI=1S/C12H20N4/c1-8(2)12-15-14-11-4-3-9-7-13-6-5-10(9)16(11)12/h8-10,13H,3-7H2,1-2H3. The van der Waals surface area contributed by atoms with Crippen molar-refractivity contribution in [2.24, 2.45) is 5.92 Å². The summed E-state index contributed by atoms with van der Waals surface area (Å²) < 4.78 is 2.44. The van der Waals surface area contributed by atoms with E-state index in [-0.39, 0.29) is 0 Å². The van der Waals surface area contributed by atoms with Crippen LogP contribution in [0.5, 0.6) is 0 Å². The summed E-state index contributed by atoms with van der Waals surface area (Å²) in [6, 6.07) is 0.650. The van der Waals surface area contributed by atoms with Gasteiger partial charge >= 0.3 is 0 Å². The fraction of sp³-hybridized carbons (Fsp3) is 0.833. The van der Waals surface area contributed by atoms with E-state index in [0.717, 1.165) is 18.9 Å². The van der Waals surface area contributed by atoms with Crippen molar-refractivity contribution in [3.05, 3.63) is 11.6 Å². The van der Waals surface area contributed by atoms with E-state index in [1.165, 1.54) is 31.0 Å². The van der Waals surface area contributed by atoms with Gasteiger partial charge < -0.3 is 9.88 Å². The Morgan fingerprint density at radius 2 is 2.19 bits per heavy atom. The van der Waals surface area contributed by atoms with Gasteiger partial charge in [0.2, 0.25) is 0 Å². The highest BCUT2D eigenvalue weighted by Gasteiger charge is 2.34. The minimum atomic E-state index is 0.481. The molecule has 88 valence electrons. The van der Waals surface area contributed by atoms with Gasteiger partial charge in [-0.1, -0.05) is 13.8 Å². The summed E-state index contributed by atoms with van der Waals surface area (Å²) in [5.41, 5.74) is 0. The molecule has 3 rings (SSSR count). The molecule has 4 heteroatoms. The first kappa shape index (κ1) is 10.3. The number of hydrogen-bond acceptors (Lipinski definition) is 3. The van der Waals surface area contributed by atoms with Crippen LogP contribution in [0.1, 0.15) is 50.3 Å². The zero-order chi connectivity index (χ0) is 11.1. The van der Waals surface area contributed by atoms with E-state index in [0.29, 0.717) is 12.0 Å². The van der Waals surface area contributed by atoms with Crippen molar-refractivity contribution in [1.29, 1.82) is 0 Å². The van der Waals surface area contributed by atoms with Gasteiger partial charge in [-0.05, 0) is 31.8 Å². The molecule has 2 atom stereocenters. The Hall–Kier alpha value is -0.900. The molecule has 3 heterocycles. The number of fused-ring (bicyclic) bond motifs is 3. The highest BCUT2D eigenvalue weighted by atomic mass is 15.3. The highest BCUT2D eigenvalue weighted by Crippen LogP contribution is 2.35. The topological polar surface area (TPSA) is 42.7 Å². The number of nitrogens with zero attached hydrogens (tertiary/aromatic N) is 3. The zero-order valence-electron chi connectivity index (χ0n) is 10.1. The van der Waals surface area contributed by atoms with Crippen LogP contribution in [-0.2, 0) is 6.42 Å². The lowest BCUT2D eigenvalue weighted by Gasteiger charge is -2.38. The second-order valence-corrected chi connectivity index (χ2v) is 5.36. The first-order valence-electron chi connectivity index (χ1n) is 6.41. The van der Waals surface area contributed by atoms with Crippen LogP contribution < -0.4 is 5.32 Å². The summed E-state index contributed by atoms with van der Waals surface area (Å²) in [4.78, 5) is 0. The molecule has 4 nitrogen and oxygen atoms in total. The van der Waals surface area contributed by atoms with Crippen LogP contribution >= 0.6 is 0 Å². The predicted octanol–water partition coefficient (Wildman–Crippen LogP) is 1.50. The number of nitrogens with one attached hydrogen (secondary N) is 1. The Bertz CT molecular complexity index is 382. The first-order chi connectivity index (χ1) is 7.77. The van der Waals surface area contributed by atoms with Crippen molar-refractivity contribution in [1.82, 2.24) is 20.1 Å². The third-order valence-electron chi connectivity index (χ3n) is 3.95. The second kappa shape index (κ2) is 3.84. The first-order valence-corrected chi connectivity index (χ1v) is 6.41. The maximum Gasteiger partial charge on any atom is 0.135 e.